The van der Waals surface area contributed by atoms with Crippen molar-refractivity contribution in [1.29, 1.82) is 0 Å². The van der Waals surface area contributed by atoms with E-state index in [1.54, 1.807) is 19.1 Å². The van der Waals surface area contributed by atoms with Crippen LogP contribution in [0.1, 0.15) is 20.8 Å². The van der Waals surface area contributed by atoms with Crippen molar-refractivity contribution in [3.63, 3.8) is 0 Å². The van der Waals surface area contributed by atoms with Crippen LogP contribution >= 0.6 is 0 Å². The van der Waals surface area contributed by atoms with Crippen LogP contribution in [-0.2, 0) is 14.8 Å². The SMILES string of the molecule is CCOc1ccccc1N(CCNS(=O)(=O)CC)C(C)=O. The highest BCUT2D eigenvalue weighted by Crippen LogP contribution is 2.27. The number of benzene rings is 1. The highest BCUT2D eigenvalue weighted by Gasteiger charge is 2.16. The fraction of sp³-hybridized carbons (Fsp3) is 0.500. The molecule has 1 aromatic rings. The van der Waals surface area contributed by atoms with Crippen molar-refractivity contribution in [2.45, 2.75) is 20.8 Å². The Balaban J connectivity index is 2.85. The molecular formula is C14H22N2O4S. The van der Waals surface area contributed by atoms with Crippen LogP contribution in [0.4, 0.5) is 5.69 Å². The third kappa shape index (κ3) is 5.35. The van der Waals surface area contributed by atoms with E-state index in [1.807, 2.05) is 19.1 Å². The zero-order chi connectivity index (χ0) is 15.9. The Hall–Kier alpha value is -1.60. The molecule has 118 valence electrons. The van der Waals surface area contributed by atoms with Crippen LogP contribution in [-0.4, -0.2) is 39.8 Å². The third-order valence-corrected chi connectivity index (χ3v) is 4.28. The molecule has 6 nitrogen and oxygen atoms in total. The summed E-state index contributed by atoms with van der Waals surface area (Å²) in [5, 5.41) is 0. The zero-order valence-electron chi connectivity index (χ0n) is 12.6. The zero-order valence-corrected chi connectivity index (χ0v) is 13.4. The van der Waals surface area contributed by atoms with Gasteiger partial charge in [0, 0.05) is 20.0 Å². The van der Waals surface area contributed by atoms with Gasteiger partial charge in [-0.25, -0.2) is 13.1 Å². The van der Waals surface area contributed by atoms with E-state index in [1.165, 1.54) is 11.8 Å². The van der Waals surface area contributed by atoms with Gasteiger partial charge in [0.05, 0.1) is 18.0 Å². The molecule has 1 N–H and O–H groups in total. The maximum absolute atomic E-state index is 11.8. The van der Waals surface area contributed by atoms with E-state index in [-0.39, 0.29) is 24.7 Å². The summed E-state index contributed by atoms with van der Waals surface area (Å²) < 4.78 is 30.8. The number of para-hydroxylation sites is 2. The number of anilines is 1. The number of ether oxygens (including phenoxy) is 1. The Morgan fingerprint density at radius 3 is 2.52 bits per heavy atom. The molecule has 1 rings (SSSR count). The Morgan fingerprint density at radius 2 is 1.95 bits per heavy atom. The largest absolute Gasteiger partial charge is 0.492 e. The maximum atomic E-state index is 11.8. The van der Waals surface area contributed by atoms with Crippen molar-refractivity contribution in [2.24, 2.45) is 0 Å². The van der Waals surface area contributed by atoms with E-state index in [9.17, 15) is 13.2 Å². The number of hydrogen-bond donors (Lipinski definition) is 1. The summed E-state index contributed by atoms with van der Waals surface area (Å²) in [6.45, 7) is 5.77. The van der Waals surface area contributed by atoms with Crippen LogP contribution in [0.5, 0.6) is 5.75 Å². The number of carbonyl (C=O) groups is 1. The minimum atomic E-state index is -3.26. The quantitative estimate of drug-likeness (QED) is 0.786. The average molecular weight is 314 g/mol. The van der Waals surface area contributed by atoms with Crippen molar-refractivity contribution in [3.8, 4) is 5.75 Å². The Kier molecular flexibility index (Phi) is 6.64. The van der Waals surface area contributed by atoms with Gasteiger partial charge in [-0.05, 0) is 26.0 Å². The van der Waals surface area contributed by atoms with Crippen LogP contribution in [0.3, 0.4) is 0 Å². The van der Waals surface area contributed by atoms with Crippen LogP contribution < -0.4 is 14.4 Å². The molecule has 0 unspecified atom stereocenters. The summed E-state index contributed by atoms with van der Waals surface area (Å²) in [5.41, 5.74) is 0.641. The fourth-order valence-corrected chi connectivity index (χ4v) is 2.43. The number of nitrogens with zero attached hydrogens (tertiary/aromatic N) is 1. The van der Waals surface area contributed by atoms with E-state index >= 15 is 0 Å². The lowest BCUT2D eigenvalue weighted by Gasteiger charge is -2.23. The van der Waals surface area contributed by atoms with Crippen molar-refractivity contribution in [2.75, 3.05) is 30.3 Å². The molecular weight excluding hydrogens is 292 g/mol. The second-order valence-electron chi connectivity index (χ2n) is 4.37. The summed E-state index contributed by atoms with van der Waals surface area (Å²) in [6.07, 6.45) is 0. The van der Waals surface area contributed by atoms with E-state index in [0.717, 1.165) is 0 Å². The molecule has 7 heteroatoms. The molecule has 0 atom stereocenters. The van der Waals surface area contributed by atoms with Crippen molar-refractivity contribution in [1.82, 2.24) is 4.72 Å². The molecule has 0 aliphatic rings. The molecule has 21 heavy (non-hydrogen) atoms. The molecule has 0 fully saturated rings. The molecule has 0 spiro atoms. The van der Waals surface area contributed by atoms with Crippen LogP contribution in [0, 0.1) is 0 Å². The fourth-order valence-electron chi connectivity index (χ4n) is 1.82. The predicted molar refractivity (Wildman–Crippen MR) is 83.1 cm³/mol. The number of hydrogen-bond acceptors (Lipinski definition) is 4. The van der Waals surface area contributed by atoms with Gasteiger partial charge in [-0.3, -0.25) is 4.79 Å². The van der Waals surface area contributed by atoms with Gasteiger partial charge in [0.25, 0.3) is 0 Å². The van der Waals surface area contributed by atoms with Gasteiger partial charge < -0.3 is 9.64 Å². The molecule has 0 bridgehead atoms. The van der Waals surface area contributed by atoms with Crippen molar-refractivity contribution in [3.05, 3.63) is 24.3 Å². The van der Waals surface area contributed by atoms with E-state index < -0.39 is 10.0 Å². The molecule has 0 aliphatic heterocycles. The minimum absolute atomic E-state index is 0.0165. The number of sulfonamides is 1. The summed E-state index contributed by atoms with van der Waals surface area (Å²) in [5.74, 6) is 0.453. The first-order valence-corrected chi connectivity index (χ1v) is 8.53. The number of carbonyl (C=O) groups excluding carboxylic acids is 1. The lowest BCUT2D eigenvalue weighted by atomic mass is 10.2. The van der Waals surface area contributed by atoms with Crippen LogP contribution in [0.25, 0.3) is 0 Å². The average Bonchev–Trinajstić information content (AvgIpc) is 2.44. The van der Waals surface area contributed by atoms with Gasteiger partial charge in [0.1, 0.15) is 5.75 Å². The summed E-state index contributed by atoms with van der Waals surface area (Å²) in [6, 6.07) is 7.20. The van der Waals surface area contributed by atoms with Gasteiger partial charge in [-0.1, -0.05) is 12.1 Å². The standard InChI is InChI=1S/C14H22N2O4S/c1-4-20-14-9-7-6-8-13(14)16(12(3)17)11-10-15-21(18,19)5-2/h6-9,15H,4-5,10-11H2,1-3H3. The topological polar surface area (TPSA) is 75.7 Å². The molecule has 0 saturated carbocycles. The van der Waals surface area contributed by atoms with Gasteiger partial charge in [-0.15, -0.1) is 0 Å². The third-order valence-electron chi connectivity index (χ3n) is 2.87. The Labute approximate surface area is 126 Å². The molecule has 0 heterocycles. The van der Waals surface area contributed by atoms with E-state index in [0.29, 0.717) is 18.0 Å². The van der Waals surface area contributed by atoms with Crippen molar-refractivity contribution >= 4 is 21.6 Å². The smallest absolute Gasteiger partial charge is 0.224 e. The molecule has 0 aromatic heterocycles. The van der Waals surface area contributed by atoms with Gasteiger partial charge in [0.15, 0.2) is 0 Å². The van der Waals surface area contributed by atoms with Gasteiger partial charge in [0.2, 0.25) is 15.9 Å². The van der Waals surface area contributed by atoms with Gasteiger partial charge in [-0.2, -0.15) is 0 Å². The van der Waals surface area contributed by atoms with Gasteiger partial charge >= 0.3 is 0 Å². The lowest BCUT2D eigenvalue weighted by molar-refractivity contribution is -0.116. The monoisotopic (exact) mass is 314 g/mol. The second-order valence-corrected chi connectivity index (χ2v) is 6.46. The predicted octanol–water partition coefficient (Wildman–Crippen LogP) is 1.38. The first-order valence-electron chi connectivity index (χ1n) is 6.88. The minimum Gasteiger partial charge on any atom is -0.492 e. The first kappa shape index (κ1) is 17.5. The number of amides is 1. The summed E-state index contributed by atoms with van der Waals surface area (Å²) in [4.78, 5) is 13.3. The molecule has 0 radical (unpaired) electrons. The second kappa shape index (κ2) is 7.99. The first-order chi connectivity index (χ1) is 9.91. The van der Waals surface area contributed by atoms with E-state index in [2.05, 4.69) is 4.72 Å². The highest BCUT2D eigenvalue weighted by molar-refractivity contribution is 7.89. The number of rotatable bonds is 8. The van der Waals surface area contributed by atoms with E-state index in [4.69, 9.17) is 4.74 Å². The molecule has 0 aliphatic carbocycles. The van der Waals surface area contributed by atoms with Crippen LogP contribution in [0.2, 0.25) is 0 Å². The highest BCUT2D eigenvalue weighted by atomic mass is 32.2. The Bertz CT molecular complexity index is 572. The lowest BCUT2D eigenvalue weighted by Crippen LogP contribution is -2.38. The molecule has 1 aromatic carbocycles. The normalized spacial score (nSPS) is 11.2. The summed E-state index contributed by atoms with van der Waals surface area (Å²) >= 11 is 0. The molecule has 1 amide bonds. The Morgan fingerprint density at radius 1 is 1.29 bits per heavy atom. The summed E-state index contributed by atoms with van der Waals surface area (Å²) in [7, 11) is -3.26. The number of nitrogens with one attached hydrogen (secondary N) is 1. The molecule has 0 saturated heterocycles. The van der Waals surface area contributed by atoms with Crippen LogP contribution in [0.15, 0.2) is 24.3 Å². The maximum Gasteiger partial charge on any atom is 0.224 e. The van der Waals surface area contributed by atoms with Crippen molar-refractivity contribution < 1.29 is 17.9 Å².